The normalized spacial score (nSPS) is 11.2. The summed E-state index contributed by atoms with van der Waals surface area (Å²) in [6.07, 6.45) is 0.639. The van der Waals surface area contributed by atoms with Crippen LogP contribution in [0.5, 0.6) is 0 Å². The molecule has 10 heteroatoms. The third kappa shape index (κ3) is 6.86. The van der Waals surface area contributed by atoms with Crippen LogP contribution in [0.1, 0.15) is 38.8 Å². The Hall–Kier alpha value is -5.06. The lowest BCUT2D eigenvalue weighted by atomic mass is 10.1. The van der Waals surface area contributed by atoms with Gasteiger partial charge in [0.25, 0.3) is 11.1 Å². The fourth-order valence-electron chi connectivity index (χ4n) is 6.11. The number of fused-ring (bicyclic) bond motifs is 2. The number of carbonyl (C=O) groups excluding carboxylic acids is 2. The Morgan fingerprint density at radius 2 is 1.12 bits per heavy atom. The number of thioether (sulfide) groups is 2. The highest BCUT2D eigenvalue weighted by Gasteiger charge is 2.23. The zero-order valence-electron chi connectivity index (χ0n) is 28.7. The average molecular weight is 703 g/mol. The zero-order valence-corrected chi connectivity index (χ0v) is 30.3. The highest BCUT2D eigenvalue weighted by Crippen LogP contribution is 2.39. The molecular weight excluding hydrogens is 665 g/mol. The summed E-state index contributed by atoms with van der Waals surface area (Å²) in [5, 5.41) is 1.92. The Labute approximate surface area is 299 Å². The van der Waals surface area contributed by atoms with Gasteiger partial charge in [-0.25, -0.2) is 0 Å². The zero-order chi connectivity index (χ0) is 35.5. The molecule has 0 aliphatic heterocycles. The van der Waals surface area contributed by atoms with E-state index in [0.29, 0.717) is 34.3 Å². The van der Waals surface area contributed by atoms with E-state index >= 15 is 0 Å². The van der Waals surface area contributed by atoms with Crippen molar-refractivity contribution in [3.05, 3.63) is 140 Å². The predicted octanol–water partition coefficient (Wildman–Crippen LogP) is 7.40. The van der Waals surface area contributed by atoms with E-state index in [2.05, 4.69) is 0 Å². The summed E-state index contributed by atoms with van der Waals surface area (Å²) >= 11 is 2.74. The minimum atomic E-state index is -0.366. The minimum absolute atomic E-state index is 0.0854. The highest BCUT2D eigenvalue weighted by atomic mass is 32.2. The lowest BCUT2D eigenvalue weighted by Gasteiger charge is -2.20. The number of aromatic nitrogens is 2. The number of carbonyl (C=O) groups is 2. The van der Waals surface area contributed by atoms with Crippen LogP contribution in [0.3, 0.4) is 0 Å². The van der Waals surface area contributed by atoms with Gasteiger partial charge in [-0.3, -0.25) is 19.2 Å². The Morgan fingerprint density at radius 1 is 0.660 bits per heavy atom. The van der Waals surface area contributed by atoms with Crippen LogP contribution in [0.2, 0.25) is 0 Å². The molecule has 0 aliphatic carbocycles. The van der Waals surface area contributed by atoms with Gasteiger partial charge in [-0.1, -0.05) is 60.7 Å². The maximum absolute atomic E-state index is 14.2. The molecule has 0 bridgehead atoms. The Balaban J connectivity index is 1.46. The first-order chi connectivity index (χ1) is 24.1. The lowest BCUT2D eigenvalue weighted by Crippen LogP contribution is -2.28. The van der Waals surface area contributed by atoms with E-state index in [-0.39, 0.29) is 28.0 Å². The number of rotatable bonds is 12. The van der Waals surface area contributed by atoms with Crippen LogP contribution in [-0.4, -0.2) is 54.5 Å². The van der Waals surface area contributed by atoms with E-state index in [1.54, 1.807) is 9.13 Å². The summed E-state index contributed by atoms with van der Waals surface area (Å²) in [6, 6.07) is 31.2. The van der Waals surface area contributed by atoms with Gasteiger partial charge in [0.05, 0.1) is 35.2 Å². The number of nitrogens with zero attached hydrogens (tertiary/aromatic N) is 4. The topological polar surface area (TPSA) is 84.6 Å². The number of hydrogen-bond donors (Lipinski definition) is 0. The first-order valence-corrected chi connectivity index (χ1v) is 18.1. The number of ketones is 1. The van der Waals surface area contributed by atoms with Gasteiger partial charge in [-0.2, -0.15) is 0 Å². The van der Waals surface area contributed by atoms with Crippen molar-refractivity contribution < 1.29 is 9.59 Å². The number of pyridine rings is 2. The smallest absolute Gasteiger partial charge is 0.263 e. The van der Waals surface area contributed by atoms with E-state index in [1.165, 1.54) is 30.4 Å². The molecular formula is C40H38N4O4S2. The SMILES string of the molecule is CC(=O)c1c(SCSc2c(C=O)c(=O)n(Cc3ccccc3)c3cc(N(C)C)ccc23)c2ccc(N(C)C)cc2n(Cc2ccccc2)c1=O. The fraction of sp³-hybridized carbons (Fsp3) is 0.200. The third-order valence-corrected chi connectivity index (χ3v) is 11.1. The molecule has 0 spiro atoms. The monoisotopic (exact) mass is 702 g/mol. The molecule has 0 fully saturated rings. The summed E-state index contributed by atoms with van der Waals surface area (Å²) in [4.78, 5) is 59.1. The van der Waals surface area contributed by atoms with Crippen LogP contribution in [0.15, 0.2) is 116 Å². The van der Waals surface area contributed by atoms with Gasteiger partial charge in [0, 0.05) is 65.2 Å². The largest absolute Gasteiger partial charge is 0.378 e. The van der Waals surface area contributed by atoms with Gasteiger partial charge in [-0.15, -0.1) is 23.5 Å². The predicted molar refractivity (Wildman–Crippen MR) is 208 cm³/mol. The molecule has 4 aromatic carbocycles. The van der Waals surface area contributed by atoms with E-state index in [0.717, 1.165) is 44.3 Å². The standard InChI is InChI=1S/C40H38N4O4S2/c1-26(46)36-38(32-19-17-30(42(4)5)21-35(32)44(40(36)48)23-28-14-10-7-11-15-28)50-25-49-37-31-18-16-29(41(2)3)20-34(31)43(39(47)33(37)24-45)22-27-12-8-6-9-13-27/h6-21,24H,22-23,25H2,1-5H3. The van der Waals surface area contributed by atoms with Crippen molar-refractivity contribution in [3.8, 4) is 0 Å². The molecule has 0 saturated carbocycles. The van der Waals surface area contributed by atoms with E-state index in [9.17, 15) is 19.2 Å². The first kappa shape index (κ1) is 34.8. The fourth-order valence-corrected chi connectivity index (χ4v) is 8.61. The van der Waals surface area contributed by atoms with Crippen molar-refractivity contribution in [2.75, 3.05) is 43.1 Å². The molecule has 8 nitrogen and oxygen atoms in total. The molecule has 6 aromatic rings. The Morgan fingerprint density at radius 3 is 1.58 bits per heavy atom. The van der Waals surface area contributed by atoms with E-state index in [1.807, 2.05) is 135 Å². The van der Waals surface area contributed by atoms with Gasteiger partial charge >= 0.3 is 0 Å². The van der Waals surface area contributed by atoms with Crippen LogP contribution < -0.4 is 20.9 Å². The van der Waals surface area contributed by atoms with E-state index < -0.39 is 0 Å². The molecule has 0 aliphatic rings. The lowest BCUT2D eigenvalue weighted by molar-refractivity contribution is 0.101. The van der Waals surface area contributed by atoms with Crippen LogP contribution in [-0.2, 0) is 13.1 Å². The Kier molecular flexibility index (Phi) is 10.3. The molecule has 0 N–H and O–H groups in total. The van der Waals surface area contributed by atoms with Crippen molar-refractivity contribution in [2.24, 2.45) is 0 Å². The van der Waals surface area contributed by atoms with Gasteiger partial charge in [0.15, 0.2) is 12.1 Å². The van der Waals surface area contributed by atoms with Crippen LogP contribution in [0.25, 0.3) is 21.8 Å². The molecule has 2 heterocycles. The number of aldehydes is 1. The van der Waals surface area contributed by atoms with Crippen molar-refractivity contribution in [1.29, 1.82) is 0 Å². The molecule has 0 radical (unpaired) electrons. The Bertz CT molecular complexity index is 2350. The van der Waals surface area contributed by atoms with Crippen molar-refractivity contribution >= 4 is 68.8 Å². The minimum Gasteiger partial charge on any atom is -0.378 e. The molecule has 2 aromatic heterocycles. The van der Waals surface area contributed by atoms with Crippen molar-refractivity contribution in [2.45, 2.75) is 29.8 Å². The maximum atomic E-state index is 14.2. The highest BCUT2D eigenvalue weighted by molar-refractivity contribution is 8.16. The van der Waals surface area contributed by atoms with Gasteiger partial charge < -0.3 is 18.9 Å². The second kappa shape index (κ2) is 14.8. The second-order valence-electron chi connectivity index (χ2n) is 12.5. The number of benzene rings is 4. The van der Waals surface area contributed by atoms with Crippen LogP contribution >= 0.6 is 23.5 Å². The van der Waals surface area contributed by atoms with Gasteiger partial charge in [0.2, 0.25) is 0 Å². The summed E-state index contributed by atoms with van der Waals surface area (Å²) < 4.78 is 3.34. The van der Waals surface area contributed by atoms with E-state index in [4.69, 9.17) is 0 Å². The summed E-state index contributed by atoms with van der Waals surface area (Å²) in [5.74, 6) is -0.318. The molecule has 0 saturated heterocycles. The number of hydrogen-bond acceptors (Lipinski definition) is 8. The summed E-state index contributed by atoms with van der Waals surface area (Å²) in [7, 11) is 7.78. The summed E-state index contributed by atoms with van der Waals surface area (Å²) in [6.45, 7) is 2.05. The maximum Gasteiger partial charge on any atom is 0.263 e. The second-order valence-corrected chi connectivity index (χ2v) is 14.8. The third-order valence-electron chi connectivity index (χ3n) is 8.72. The number of anilines is 2. The quantitative estimate of drug-likeness (QED) is 0.0565. The molecule has 254 valence electrons. The first-order valence-electron chi connectivity index (χ1n) is 16.1. The van der Waals surface area contributed by atoms with Crippen molar-refractivity contribution in [1.82, 2.24) is 9.13 Å². The van der Waals surface area contributed by atoms with Crippen molar-refractivity contribution in [3.63, 3.8) is 0 Å². The summed E-state index contributed by atoms with van der Waals surface area (Å²) in [5.41, 5.74) is 4.69. The molecule has 0 atom stereocenters. The van der Waals surface area contributed by atoms with Gasteiger partial charge in [-0.05, 0) is 54.4 Å². The number of Topliss-reactive ketones (excluding diaryl/α,β-unsaturated/α-hetero) is 1. The average Bonchev–Trinajstić information content (AvgIpc) is 3.11. The van der Waals surface area contributed by atoms with Gasteiger partial charge in [0.1, 0.15) is 0 Å². The molecule has 50 heavy (non-hydrogen) atoms. The van der Waals surface area contributed by atoms with Crippen LogP contribution in [0.4, 0.5) is 11.4 Å². The molecule has 0 amide bonds. The molecule has 0 unspecified atom stereocenters. The van der Waals surface area contributed by atoms with Crippen LogP contribution in [0, 0.1) is 0 Å². The molecule has 6 rings (SSSR count).